The van der Waals surface area contributed by atoms with Gasteiger partial charge in [-0.2, -0.15) is 0 Å². The summed E-state index contributed by atoms with van der Waals surface area (Å²) in [6, 6.07) is 0. The van der Waals surface area contributed by atoms with Crippen LogP contribution in [0.2, 0.25) is 0 Å². The zero-order chi connectivity index (χ0) is 11.9. The van der Waals surface area contributed by atoms with Crippen molar-refractivity contribution in [3.05, 3.63) is 0 Å². The molecule has 0 spiro atoms. The summed E-state index contributed by atoms with van der Waals surface area (Å²) in [7, 11) is 0. The van der Waals surface area contributed by atoms with E-state index in [1.165, 1.54) is 18.2 Å². The molecular formula is C10H16O2S3. The maximum atomic E-state index is 10.9. The number of thiocarbonyl (C=S) groups is 1. The Morgan fingerprint density at radius 1 is 1.53 bits per heavy atom. The smallest absolute Gasteiger partial charge is 0.319 e. The number of carboxylic acids is 1. The van der Waals surface area contributed by atoms with Gasteiger partial charge in [0.15, 0.2) is 0 Å². The molecule has 0 saturated heterocycles. The van der Waals surface area contributed by atoms with Crippen molar-refractivity contribution in [3.8, 4) is 0 Å². The van der Waals surface area contributed by atoms with Crippen molar-refractivity contribution >= 4 is 45.2 Å². The molecule has 0 bridgehead atoms. The summed E-state index contributed by atoms with van der Waals surface area (Å²) in [5, 5.41) is 9.52. The van der Waals surface area contributed by atoms with Gasteiger partial charge in [-0.1, -0.05) is 37.8 Å². The predicted octanol–water partition coefficient (Wildman–Crippen LogP) is 3.40. The zero-order valence-electron chi connectivity index (χ0n) is 9.36. The highest BCUT2D eigenvalue weighted by Crippen LogP contribution is 2.54. The molecule has 1 atom stereocenters. The van der Waals surface area contributed by atoms with E-state index in [4.69, 9.17) is 17.3 Å². The van der Waals surface area contributed by atoms with Crippen LogP contribution in [0.3, 0.4) is 0 Å². The Labute approximate surface area is 105 Å². The summed E-state index contributed by atoms with van der Waals surface area (Å²) in [6.45, 7) is 7.79. The van der Waals surface area contributed by atoms with E-state index >= 15 is 0 Å². The molecule has 15 heavy (non-hydrogen) atoms. The topological polar surface area (TPSA) is 37.3 Å². The van der Waals surface area contributed by atoms with Crippen LogP contribution >= 0.6 is 35.7 Å². The third-order valence-corrected chi connectivity index (χ3v) is 5.73. The van der Waals surface area contributed by atoms with Gasteiger partial charge in [0.2, 0.25) is 0 Å². The van der Waals surface area contributed by atoms with Gasteiger partial charge in [-0.05, 0) is 25.7 Å². The van der Waals surface area contributed by atoms with Gasteiger partial charge in [-0.15, -0.1) is 11.8 Å². The second-order valence-corrected chi connectivity index (χ2v) is 9.00. The first-order valence-corrected chi connectivity index (χ1v) is 6.88. The van der Waals surface area contributed by atoms with Gasteiger partial charge in [0.25, 0.3) is 0 Å². The number of hydrogen-bond acceptors (Lipinski definition) is 4. The van der Waals surface area contributed by atoms with Gasteiger partial charge in [0, 0.05) is 5.25 Å². The van der Waals surface area contributed by atoms with Crippen LogP contribution in [0, 0.1) is 5.41 Å². The van der Waals surface area contributed by atoms with E-state index in [-0.39, 0.29) is 0 Å². The van der Waals surface area contributed by atoms with Crippen LogP contribution in [0.1, 0.15) is 34.1 Å². The van der Waals surface area contributed by atoms with Crippen LogP contribution in [0.5, 0.6) is 0 Å². The van der Waals surface area contributed by atoms with Crippen LogP contribution in [0.4, 0.5) is 0 Å². The van der Waals surface area contributed by atoms with Crippen LogP contribution in [-0.4, -0.2) is 24.6 Å². The van der Waals surface area contributed by atoms with Crippen molar-refractivity contribution in [2.24, 2.45) is 5.41 Å². The molecule has 5 heteroatoms. The molecule has 1 saturated carbocycles. The Hall–Kier alpha value is 0.260. The Morgan fingerprint density at radius 3 is 2.33 bits per heavy atom. The Morgan fingerprint density at radius 2 is 2.00 bits per heavy atom. The molecule has 0 heterocycles. The fraction of sp³-hybridized carbons (Fsp3) is 0.800. The number of aliphatic carboxylic acids is 1. The number of hydrogen-bond donors (Lipinski definition) is 1. The van der Waals surface area contributed by atoms with Gasteiger partial charge in [0.1, 0.15) is 8.28 Å². The average molecular weight is 264 g/mol. The maximum absolute atomic E-state index is 10.9. The summed E-state index contributed by atoms with van der Waals surface area (Å²) in [4.78, 5) is 10.9. The van der Waals surface area contributed by atoms with Crippen molar-refractivity contribution in [2.75, 3.05) is 0 Å². The van der Waals surface area contributed by atoms with E-state index in [1.54, 1.807) is 25.6 Å². The van der Waals surface area contributed by atoms with Crippen molar-refractivity contribution < 1.29 is 9.90 Å². The van der Waals surface area contributed by atoms with Gasteiger partial charge < -0.3 is 5.11 Å². The van der Waals surface area contributed by atoms with Crippen LogP contribution in [-0.2, 0) is 4.79 Å². The van der Waals surface area contributed by atoms with Crippen molar-refractivity contribution in [2.45, 2.75) is 44.1 Å². The van der Waals surface area contributed by atoms with Crippen molar-refractivity contribution in [3.63, 3.8) is 0 Å². The number of thioether (sulfide) groups is 2. The standard InChI is InChI=1S/C10H16O2S3/c1-9(2)5-6(9)14-8(13)15-10(3,4)7(11)12/h6H,5H2,1-4H3,(H,11,12). The van der Waals surface area contributed by atoms with E-state index in [0.29, 0.717) is 10.7 Å². The first kappa shape index (κ1) is 13.3. The second-order valence-electron chi connectivity index (χ2n) is 4.97. The molecule has 2 nitrogen and oxygen atoms in total. The lowest BCUT2D eigenvalue weighted by Crippen LogP contribution is -2.28. The lowest BCUT2D eigenvalue weighted by molar-refractivity contribution is -0.138. The third kappa shape index (κ3) is 3.64. The van der Waals surface area contributed by atoms with Crippen molar-refractivity contribution in [1.29, 1.82) is 0 Å². The summed E-state index contributed by atoms with van der Waals surface area (Å²) >= 11 is 8.12. The molecule has 0 aromatic carbocycles. The molecule has 1 unspecified atom stereocenters. The minimum Gasteiger partial charge on any atom is -0.480 e. The molecule has 0 amide bonds. The maximum Gasteiger partial charge on any atom is 0.319 e. The van der Waals surface area contributed by atoms with E-state index in [2.05, 4.69) is 13.8 Å². The number of carbonyl (C=O) groups is 1. The Kier molecular flexibility index (Phi) is 3.78. The minimum atomic E-state index is -0.816. The first-order chi connectivity index (χ1) is 6.65. The number of carboxylic acid groups (broad SMARTS) is 1. The average Bonchev–Trinajstić information content (AvgIpc) is 2.55. The molecule has 0 aromatic rings. The predicted molar refractivity (Wildman–Crippen MR) is 71.7 cm³/mol. The Balaban J connectivity index is 2.40. The van der Waals surface area contributed by atoms with E-state index < -0.39 is 10.7 Å². The fourth-order valence-corrected chi connectivity index (χ4v) is 4.72. The normalized spacial score (nSPS) is 23.6. The van der Waals surface area contributed by atoms with Crippen molar-refractivity contribution in [1.82, 2.24) is 0 Å². The molecule has 0 radical (unpaired) electrons. The lowest BCUT2D eigenvalue weighted by atomic mass is 10.2. The van der Waals surface area contributed by atoms with Gasteiger partial charge in [-0.25, -0.2) is 0 Å². The summed E-state index contributed by atoms with van der Waals surface area (Å²) < 4.78 is -0.0682. The molecule has 1 aliphatic rings. The SMILES string of the molecule is CC(C)(SC(=S)SC1CC1(C)C)C(=O)O. The molecule has 1 fully saturated rings. The molecule has 0 aromatic heterocycles. The lowest BCUT2D eigenvalue weighted by Gasteiger charge is -2.18. The first-order valence-electron chi connectivity index (χ1n) is 4.78. The van der Waals surface area contributed by atoms with Crippen LogP contribution in [0.15, 0.2) is 0 Å². The fourth-order valence-electron chi connectivity index (χ4n) is 1.01. The van der Waals surface area contributed by atoms with E-state index in [1.807, 2.05) is 0 Å². The summed E-state index contributed by atoms with van der Waals surface area (Å²) in [6.07, 6.45) is 1.17. The quantitative estimate of drug-likeness (QED) is 0.791. The molecule has 86 valence electrons. The van der Waals surface area contributed by atoms with E-state index in [0.717, 1.165) is 3.53 Å². The molecule has 0 aliphatic heterocycles. The Bertz CT molecular complexity index is 297. The summed E-state index contributed by atoms with van der Waals surface area (Å²) in [5.74, 6) is -0.814. The highest BCUT2D eigenvalue weighted by molar-refractivity contribution is 8.48. The zero-order valence-corrected chi connectivity index (χ0v) is 11.8. The van der Waals surface area contributed by atoms with Gasteiger partial charge in [-0.3, -0.25) is 4.79 Å². The third-order valence-electron chi connectivity index (χ3n) is 2.52. The minimum absolute atomic E-state index is 0.378. The molecule has 1 N–H and O–H groups in total. The number of rotatable bonds is 3. The largest absolute Gasteiger partial charge is 0.480 e. The summed E-state index contributed by atoms with van der Waals surface area (Å²) in [5.41, 5.74) is 0.378. The van der Waals surface area contributed by atoms with Crippen LogP contribution in [0.25, 0.3) is 0 Å². The molecule has 1 rings (SSSR count). The van der Waals surface area contributed by atoms with Gasteiger partial charge in [0.05, 0.1) is 0 Å². The van der Waals surface area contributed by atoms with Crippen LogP contribution < -0.4 is 0 Å². The molecular weight excluding hydrogens is 248 g/mol. The van der Waals surface area contributed by atoms with Gasteiger partial charge >= 0.3 is 5.97 Å². The van der Waals surface area contributed by atoms with E-state index in [9.17, 15) is 4.79 Å². The highest BCUT2D eigenvalue weighted by Gasteiger charge is 2.47. The highest BCUT2D eigenvalue weighted by atomic mass is 32.2. The second kappa shape index (κ2) is 4.26. The molecule has 1 aliphatic carbocycles. The monoisotopic (exact) mass is 264 g/mol.